The van der Waals surface area contributed by atoms with Crippen LogP contribution in [0, 0.1) is 0 Å². The molecule has 1 aromatic rings. The molecule has 0 aliphatic carbocycles. The van der Waals surface area contributed by atoms with Gasteiger partial charge in [-0.2, -0.15) is 0 Å². The van der Waals surface area contributed by atoms with Gasteiger partial charge in [0.05, 0.1) is 12.4 Å². The third-order valence-electron chi connectivity index (χ3n) is 3.27. The molecule has 0 heterocycles. The molecule has 1 N–H and O–H groups in total. The normalized spacial score (nSPS) is 11.8. The standard InChI is InChI=1S/C16H28N2O4S/c1-18(11-6-14-22-16-8-4-3-5-9-16)12-10-17-23(19,20)15-7-13-21-2/h3-5,8-9,17H,6-7,10-15H2,1-2H3. The van der Waals surface area contributed by atoms with E-state index in [0.29, 0.717) is 32.7 Å². The van der Waals surface area contributed by atoms with Gasteiger partial charge in [0.25, 0.3) is 0 Å². The summed E-state index contributed by atoms with van der Waals surface area (Å²) < 4.78 is 36.5. The summed E-state index contributed by atoms with van der Waals surface area (Å²) in [5, 5.41) is 0. The van der Waals surface area contributed by atoms with Crippen molar-refractivity contribution in [3.05, 3.63) is 30.3 Å². The van der Waals surface area contributed by atoms with Crippen LogP contribution in [0.4, 0.5) is 0 Å². The summed E-state index contributed by atoms with van der Waals surface area (Å²) in [5.41, 5.74) is 0. The van der Waals surface area contributed by atoms with Crippen molar-refractivity contribution in [1.29, 1.82) is 0 Å². The first-order chi connectivity index (χ1) is 11.0. The highest BCUT2D eigenvalue weighted by molar-refractivity contribution is 7.89. The molecule has 0 fully saturated rings. The van der Waals surface area contributed by atoms with Gasteiger partial charge in [-0.1, -0.05) is 18.2 Å². The van der Waals surface area contributed by atoms with Gasteiger partial charge in [0.1, 0.15) is 5.75 Å². The molecule has 0 saturated heterocycles. The Bertz CT molecular complexity index is 508. The predicted molar refractivity (Wildman–Crippen MR) is 92.3 cm³/mol. The van der Waals surface area contributed by atoms with Gasteiger partial charge in [-0.25, -0.2) is 13.1 Å². The molecule has 23 heavy (non-hydrogen) atoms. The van der Waals surface area contributed by atoms with E-state index in [9.17, 15) is 8.42 Å². The van der Waals surface area contributed by atoms with Crippen LogP contribution in [-0.4, -0.2) is 66.1 Å². The Morgan fingerprint density at radius 1 is 1.09 bits per heavy atom. The number of hydrogen-bond acceptors (Lipinski definition) is 5. The van der Waals surface area contributed by atoms with E-state index < -0.39 is 10.0 Å². The van der Waals surface area contributed by atoms with Gasteiger partial charge < -0.3 is 14.4 Å². The van der Waals surface area contributed by atoms with Gasteiger partial charge in [0.2, 0.25) is 10.0 Å². The van der Waals surface area contributed by atoms with Crippen molar-refractivity contribution < 1.29 is 17.9 Å². The van der Waals surface area contributed by atoms with Crippen molar-refractivity contribution in [2.45, 2.75) is 12.8 Å². The molecule has 6 nitrogen and oxygen atoms in total. The van der Waals surface area contributed by atoms with Gasteiger partial charge in [-0.15, -0.1) is 0 Å². The first kappa shape index (κ1) is 19.9. The molecule has 132 valence electrons. The zero-order valence-corrected chi connectivity index (χ0v) is 14.8. The number of rotatable bonds is 13. The van der Waals surface area contributed by atoms with Crippen LogP contribution in [0.2, 0.25) is 0 Å². The maximum atomic E-state index is 11.7. The van der Waals surface area contributed by atoms with Gasteiger partial charge in [0.15, 0.2) is 0 Å². The highest BCUT2D eigenvalue weighted by atomic mass is 32.2. The first-order valence-electron chi connectivity index (χ1n) is 7.86. The number of para-hydroxylation sites is 1. The summed E-state index contributed by atoms with van der Waals surface area (Å²) in [6.45, 7) is 3.07. The number of nitrogens with zero attached hydrogens (tertiary/aromatic N) is 1. The zero-order valence-electron chi connectivity index (χ0n) is 14.0. The predicted octanol–water partition coefficient (Wildman–Crippen LogP) is 1.34. The monoisotopic (exact) mass is 344 g/mol. The Balaban J connectivity index is 2.06. The van der Waals surface area contributed by atoms with Crippen LogP contribution in [0.25, 0.3) is 0 Å². The molecule has 0 amide bonds. The lowest BCUT2D eigenvalue weighted by atomic mass is 10.3. The number of benzene rings is 1. The summed E-state index contributed by atoms with van der Waals surface area (Å²) in [6, 6.07) is 9.71. The van der Waals surface area contributed by atoms with Crippen LogP contribution in [0.1, 0.15) is 12.8 Å². The lowest BCUT2D eigenvalue weighted by Gasteiger charge is -2.17. The van der Waals surface area contributed by atoms with Gasteiger partial charge >= 0.3 is 0 Å². The smallest absolute Gasteiger partial charge is 0.211 e. The molecule has 0 saturated carbocycles. The van der Waals surface area contributed by atoms with Crippen LogP contribution in [0.3, 0.4) is 0 Å². The molecular formula is C16H28N2O4S. The van der Waals surface area contributed by atoms with Gasteiger partial charge in [-0.05, 0) is 32.0 Å². The number of likely N-dealkylation sites (N-methyl/N-ethyl adjacent to an activating group) is 1. The summed E-state index contributed by atoms with van der Waals surface area (Å²) in [6.07, 6.45) is 1.41. The van der Waals surface area contributed by atoms with Crippen molar-refractivity contribution in [2.75, 3.05) is 52.8 Å². The third-order valence-corrected chi connectivity index (χ3v) is 4.74. The molecule has 0 atom stereocenters. The molecule has 0 radical (unpaired) electrons. The van der Waals surface area contributed by atoms with Crippen molar-refractivity contribution >= 4 is 10.0 Å². The maximum absolute atomic E-state index is 11.7. The quantitative estimate of drug-likeness (QED) is 0.547. The second-order valence-electron chi connectivity index (χ2n) is 5.38. The van der Waals surface area contributed by atoms with Crippen LogP contribution in [-0.2, 0) is 14.8 Å². The topological polar surface area (TPSA) is 67.9 Å². The summed E-state index contributed by atoms with van der Waals surface area (Å²) in [4.78, 5) is 2.09. The number of ether oxygens (including phenoxy) is 2. The minimum absolute atomic E-state index is 0.107. The van der Waals surface area contributed by atoms with E-state index in [1.54, 1.807) is 7.11 Å². The molecule has 0 aromatic heterocycles. The fourth-order valence-electron chi connectivity index (χ4n) is 2.01. The van der Waals surface area contributed by atoms with E-state index in [1.165, 1.54) is 0 Å². The van der Waals surface area contributed by atoms with Crippen LogP contribution in [0.15, 0.2) is 30.3 Å². The lowest BCUT2D eigenvalue weighted by Crippen LogP contribution is -2.35. The Morgan fingerprint density at radius 2 is 1.83 bits per heavy atom. The number of methoxy groups -OCH3 is 1. The Morgan fingerprint density at radius 3 is 2.52 bits per heavy atom. The van der Waals surface area contributed by atoms with Gasteiger partial charge in [0, 0.05) is 33.4 Å². The highest BCUT2D eigenvalue weighted by Crippen LogP contribution is 2.08. The molecule has 0 aliphatic heterocycles. The fraction of sp³-hybridized carbons (Fsp3) is 0.625. The minimum atomic E-state index is -3.19. The van der Waals surface area contributed by atoms with E-state index in [-0.39, 0.29) is 5.75 Å². The number of sulfonamides is 1. The highest BCUT2D eigenvalue weighted by Gasteiger charge is 2.09. The maximum Gasteiger partial charge on any atom is 0.211 e. The van der Waals surface area contributed by atoms with E-state index in [1.807, 2.05) is 37.4 Å². The van der Waals surface area contributed by atoms with E-state index in [2.05, 4.69) is 9.62 Å². The number of hydrogen-bond donors (Lipinski definition) is 1. The molecule has 0 spiro atoms. The molecule has 7 heteroatoms. The first-order valence-corrected chi connectivity index (χ1v) is 9.51. The summed E-state index contributed by atoms with van der Waals surface area (Å²) in [5.74, 6) is 0.981. The molecule has 1 aromatic carbocycles. The average molecular weight is 344 g/mol. The molecule has 0 unspecified atom stereocenters. The van der Waals surface area contributed by atoms with E-state index >= 15 is 0 Å². The van der Waals surface area contributed by atoms with Crippen LogP contribution < -0.4 is 9.46 Å². The van der Waals surface area contributed by atoms with Crippen LogP contribution in [0.5, 0.6) is 5.75 Å². The van der Waals surface area contributed by atoms with Crippen LogP contribution >= 0.6 is 0 Å². The summed E-state index contributed by atoms with van der Waals surface area (Å²) in [7, 11) is 0.348. The molecule has 0 bridgehead atoms. The second kappa shape index (κ2) is 11.4. The van der Waals surface area contributed by atoms with Gasteiger partial charge in [-0.3, -0.25) is 0 Å². The Labute approximate surface area is 139 Å². The summed E-state index contributed by atoms with van der Waals surface area (Å²) >= 11 is 0. The molecular weight excluding hydrogens is 316 g/mol. The number of nitrogens with one attached hydrogen (secondary N) is 1. The SMILES string of the molecule is COCCCS(=O)(=O)NCCN(C)CCCOc1ccccc1. The van der Waals surface area contributed by atoms with E-state index in [0.717, 1.165) is 18.7 Å². The van der Waals surface area contributed by atoms with Crippen molar-refractivity contribution in [1.82, 2.24) is 9.62 Å². The second-order valence-corrected chi connectivity index (χ2v) is 7.30. The molecule has 0 aliphatic rings. The van der Waals surface area contributed by atoms with Crippen molar-refractivity contribution in [3.63, 3.8) is 0 Å². The van der Waals surface area contributed by atoms with E-state index in [4.69, 9.17) is 9.47 Å². The third kappa shape index (κ3) is 10.3. The minimum Gasteiger partial charge on any atom is -0.494 e. The van der Waals surface area contributed by atoms with Crippen molar-refractivity contribution in [3.8, 4) is 5.75 Å². The van der Waals surface area contributed by atoms with Crippen molar-refractivity contribution in [2.24, 2.45) is 0 Å². The largest absolute Gasteiger partial charge is 0.494 e. The average Bonchev–Trinajstić information content (AvgIpc) is 2.52. The Hall–Kier alpha value is -1.15. The fourth-order valence-corrected chi connectivity index (χ4v) is 3.05. The molecule has 1 rings (SSSR count). The lowest BCUT2D eigenvalue weighted by molar-refractivity contribution is 0.199. The zero-order chi connectivity index (χ0) is 17.0. The Kier molecular flexibility index (Phi) is 9.86.